The first kappa shape index (κ1) is 10.8. The predicted molar refractivity (Wildman–Crippen MR) is 67.6 cm³/mol. The molecule has 2 rings (SSSR count). The number of thioether (sulfide) groups is 1. The Balaban J connectivity index is 1.88. The molecule has 0 spiro atoms. The molecule has 0 amide bonds. The number of hydrogen-bond acceptors (Lipinski definition) is 3. The van der Waals surface area contributed by atoms with Crippen LogP contribution in [0.2, 0.25) is 5.02 Å². The normalized spacial score (nSPS) is 20.1. The third-order valence-electron chi connectivity index (χ3n) is 2.14. The third kappa shape index (κ3) is 3.14. The van der Waals surface area contributed by atoms with Crippen LogP contribution in [0.5, 0.6) is 0 Å². The SMILES string of the molecule is CC1CN=C(NCc2cccc(Cl)c2)S1. The van der Waals surface area contributed by atoms with Crippen LogP contribution >= 0.6 is 23.4 Å². The maximum absolute atomic E-state index is 5.90. The fourth-order valence-corrected chi connectivity index (χ4v) is 2.45. The van der Waals surface area contributed by atoms with E-state index in [4.69, 9.17) is 11.6 Å². The molecule has 1 unspecified atom stereocenters. The number of amidine groups is 1. The molecule has 1 atom stereocenters. The highest BCUT2D eigenvalue weighted by Crippen LogP contribution is 2.19. The summed E-state index contributed by atoms with van der Waals surface area (Å²) in [7, 11) is 0. The van der Waals surface area contributed by atoms with Gasteiger partial charge in [-0.3, -0.25) is 4.99 Å². The van der Waals surface area contributed by atoms with Crippen molar-refractivity contribution in [3.05, 3.63) is 34.9 Å². The minimum Gasteiger partial charge on any atom is -0.361 e. The lowest BCUT2D eigenvalue weighted by molar-refractivity contribution is 0.913. The van der Waals surface area contributed by atoms with E-state index in [-0.39, 0.29) is 0 Å². The molecule has 2 nitrogen and oxygen atoms in total. The summed E-state index contributed by atoms with van der Waals surface area (Å²) in [5.41, 5.74) is 1.19. The zero-order chi connectivity index (χ0) is 10.7. The summed E-state index contributed by atoms with van der Waals surface area (Å²) in [5.74, 6) is 0. The van der Waals surface area contributed by atoms with Gasteiger partial charge in [0.25, 0.3) is 0 Å². The summed E-state index contributed by atoms with van der Waals surface area (Å²) in [4.78, 5) is 4.39. The maximum Gasteiger partial charge on any atom is 0.157 e. The van der Waals surface area contributed by atoms with Gasteiger partial charge >= 0.3 is 0 Å². The van der Waals surface area contributed by atoms with Gasteiger partial charge in [0.05, 0.1) is 6.54 Å². The van der Waals surface area contributed by atoms with Crippen molar-refractivity contribution in [2.75, 3.05) is 6.54 Å². The number of nitrogens with zero attached hydrogens (tertiary/aromatic N) is 1. The lowest BCUT2D eigenvalue weighted by Crippen LogP contribution is -2.18. The average Bonchev–Trinajstić information content (AvgIpc) is 2.62. The molecular formula is C11H13ClN2S. The minimum atomic E-state index is 0.604. The van der Waals surface area contributed by atoms with Gasteiger partial charge in [-0.2, -0.15) is 0 Å². The molecular weight excluding hydrogens is 228 g/mol. The lowest BCUT2D eigenvalue weighted by atomic mass is 10.2. The first-order chi connectivity index (χ1) is 7.24. The molecule has 0 fully saturated rings. The van der Waals surface area contributed by atoms with Gasteiger partial charge in [-0.15, -0.1) is 0 Å². The Hall–Kier alpha value is -0.670. The molecule has 1 aliphatic rings. The second-order valence-corrected chi connectivity index (χ2v) is 5.42. The third-order valence-corrected chi connectivity index (χ3v) is 3.42. The molecule has 80 valence electrons. The number of benzene rings is 1. The van der Waals surface area contributed by atoms with Gasteiger partial charge in [-0.25, -0.2) is 0 Å². The van der Waals surface area contributed by atoms with E-state index in [0.717, 1.165) is 23.3 Å². The van der Waals surface area contributed by atoms with E-state index < -0.39 is 0 Å². The second-order valence-electron chi connectivity index (χ2n) is 3.56. The zero-order valence-corrected chi connectivity index (χ0v) is 10.1. The van der Waals surface area contributed by atoms with Crippen LogP contribution in [0.15, 0.2) is 29.3 Å². The Morgan fingerprint density at radius 2 is 2.47 bits per heavy atom. The van der Waals surface area contributed by atoms with Gasteiger partial charge in [0.15, 0.2) is 5.17 Å². The van der Waals surface area contributed by atoms with Crippen molar-refractivity contribution < 1.29 is 0 Å². The molecule has 15 heavy (non-hydrogen) atoms. The largest absolute Gasteiger partial charge is 0.361 e. The van der Waals surface area contributed by atoms with Crippen molar-refractivity contribution in [1.29, 1.82) is 0 Å². The van der Waals surface area contributed by atoms with Crippen molar-refractivity contribution in [2.24, 2.45) is 4.99 Å². The van der Waals surface area contributed by atoms with Gasteiger partial charge in [0, 0.05) is 16.8 Å². The van der Waals surface area contributed by atoms with Crippen LogP contribution in [0.1, 0.15) is 12.5 Å². The minimum absolute atomic E-state index is 0.604. The molecule has 0 aliphatic carbocycles. The van der Waals surface area contributed by atoms with E-state index in [1.807, 2.05) is 18.2 Å². The molecule has 0 aromatic heterocycles. The van der Waals surface area contributed by atoms with Gasteiger partial charge < -0.3 is 5.32 Å². The van der Waals surface area contributed by atoms with Crippen molar-refractivity contribution in [3.8, 4) is 0 Å². The number of rotatable bonds is 2. The molecule has 1 heterocycles. The van der Waals surface area contributed by atoms with Crippen LogP contribution < -0.4 is 5.32 Å². The molecule has 0 radical (unpaired) electrons. The zero-order valence-electron chi connectivity index (χ0n) is 8.53. The van der Waals surface area contributed by atoms with E-state index in [9.17, 15) is 0 Å². The van der Waals surface area contributed by atoms with Gasteiger partial charge in [-0.05, 0) is 17.7 Å². The number of aliphatic imine (C=N–C) groups is 1. The topological polar surface area (TPSA) is 24.4 Å². The molecule has 1 aliphatic heterocycles. The van der Waals surface area contributed by atoms with E-state index in [2.05, 4.69) is 23.3 Å². The first-order valence-corrected chi connectivity index (χ1v) is 6.19. The standard InChI is InChI=1S/C11H13ClN2S/c1-8-6-13-11(15-8)14-7-9-3-2-4-10(12)5-9/h2-5,8H,6-7H2,1H3,(H,13,14). The lowest BCUT2D eigenvalue weighted by Gasteiger charge is -2.06. The number of hydrogen-bond donors (Lipinski definition) is 1. The smallest absolute Gasteiger partial charge is 0.157 e. The van der Waals surface area contributed by atoms with Crippen LogP contribution in [0.25, 0.3) is 0 Å². The van der Waals surface area contributed by atoms with Gasteiger partial charge in [0.2, 0.25) is 0 Å². The highest BCUT2D eigenvalue weighted by Gasteiger charge is 2.13. The Morgan fingerprint density at radius 3 is 3.13 bits per heavy atom. The van der Waals surface area contributed by atoms with Crippen LogP contribution in [0.3, 0.4) is 0 Å². The summed E-state index contributed by atoms with van der Waals surface area (Å²) in [6.07, 6.45) is 0. The Kier molecular flexibility index (Phi) is 3.54. The highest BCUT2D eigenvalue weighted by atomic mass is 35.5. The predicted octanol–water partition coefficient (Wildman–Crippen LogP) is 2.92. The van der Waals surface area contributed by atoms with Gasteiger partial charge in [-0.1, -0.05) is 42.4 Å². The summed E-state index contributed by atoms with van der Waals surface area (Å²) < 4.78 is 0. The van der Waals surface area contributed by atoms with Crippen LogP contribution in [-0.4, -0.2) is 17.0 Å². The monoisotopic (exact) mass is 240 g/mol. The van der Waals surface area contributed by atoms with Crippen molar-refractivity contribution >= 4 is 28.5 Å². The molecule has 4 heteroatoms. The van der Waals surface area contributed by atoms with Crippen LogP contribution in [0, 0.1) is 0 Å². The second kappa shape index (κ2) is 4.90. The summed E-state index contributed by atoms with van der Waals surface area (Å²) in [5, 5.41) is 5.74. The van der Waals surface area contributed by atoms with E-state index in [0.29, 0.717) is 5.25 Å². The highest BCUT2D eigenvalue weighted by molar-refractivity contribution is 8.14. The summed E-state index contributed by atoms with van der Waals surface area (Å²) >= 11 is 7.70. The Bertz CT molecular complexity index is 379. The quantitative estimate of drug-likeness (QED) is 0.860. The molecule has 1 N–H and O–H groups in total. The number of halogens is 1. The van der Waals surface area contributed by atoms with Crippen molar-refractivity contribution in [1.82, 2.24) is 5.32 Å². The van der Waals surface area contributed by atoms with E-state index in [1.165, 1.54) is 5.56 Å². The number of nitrogens with one attached hydrogen (secondary N) is 1. The van der Waals surface area contributed by atoms with Crippen LogP contribution in [-0.2, 0) is 6.54 Å². The summed E-state index contributed by atoms with van der Waals surface area (Å²) in [6, 6.07) is 7.88. The fourth-order valence-electron chi connectivity index (χ4n) is 1.40. The van der Waals surface area contributed by atoms with E-state index >= 15 is 0 Å². The summed E-state index contributed by atoms with van der Waals surface area (Å²) in [6.45, 7) is 3.89. The Labute approximate surface area is 99.1 Å². The van der Waals surface area contributed by atoms with Crippen LogP contribution in [0.4, 0.5) is 0 Å². The van der Waals surface area contributed by atoms with E-state index in [1.54, 1.807) is 11.8 Å². The fraction of sp³-hybridized carbons (Fsp3) is 0.364. The molecule has 1 aromatic rings. The van der Waals surface area contributed by atoms with Crippen molar-refractivity contribution in [3.63, 3.8) is 0 Å². The average molecular weight is 241 g/mol. The molecule has 0 saturated heterocycles. The Morgan fingerprint density at radius 1 is 1.60 bits per heavy atom. The van der Waals surface area contributed by atoms with Crippen molar-refractivity contribution in [2.45, 2.75) is 18.7 Å². The molecule has 0 bridgehead atoms. The molecule has 1 aromatic carbocycles. The maximum atomic E-state index is 5.90. The first-order valence-electron chi connectivity index (χ1n) is 4.93. The molecule has 0 saturated carbocycles. The van der Waals surface area contributed by atoms with Gasteiger partial charge in [0.1, 0.15) is 0 Å².